The van der Waals surface area contributed by atoms with Gasteiger partial charge in [0.15, 0.2) is 0 Å². The first-order valence-electron chi connectivity index (χ1n) is 5.44. The second-order valence-corrected chi connectivity index (χ2v) is 4.86. The minimum Gasteiger partial charge on any atom is -0.322 e. The highest BCUT2D eigenvalue weighted by molar-refractivity contribution is 7.09. The molecule has 4 nitrogen and oxygen atoms in total. The lowest BCUT2D eigenvalue weighted by atomic mass is 10.3. The van der Waals surface area contributed by atoms with Crippen LogP contribution < -0.4 is 11.1 Å². The molecular formula is C12H11F2N3OS. The number of hydrogen-bond donors (Lipinski definition) is 2. The molecular weight excluding hydrogens is 272 g/mol. The van der Waals surface area contributed by atoms with E-state index in [0.717, 1.165) is 18.2 Å². The van der Waals surface area contributed by atoms with Crippen LogP contribution in [-0.4, -0.2) is 10.9 Å². The lowest BCUT2D eigenvalue weighted by Crippen LogP contribution is -2.13. The van der Waals surface area contributed by atoms with Gasteiger partial charge in [0.25, 0.3) is 5.91 Å². The minimum atomic E-state index is -0.759. The van der Waals surface area contributed by atoms with Gasteiger partial charge in [-0.2, -0.15) is 0 Å². The Labute approximate surface area is 112 Å². The van der Waals surface area contributed by atoms with Crippen molar-refractivity contribution in [2.75, 3.05) is 5.32 Å². The van der Waals surface area contributed by atoms with Crippen LogP contribution in [0.25, 0.3) is 0 Å². The van der Waals surface area contributed by atoms with Crippen LogP contribution in [0.3, 0.4) is 0 Å². The number of amides is 1. The number of nitrogens with two attached hydrogens (primary N) is 1. The number of carbonyl (C=O) groups excluding carboxylic acids is 1. The number of benzene rings is 1. The van der Waals surface area contributed by atoms with Crippen molar-refractivity contribution in [2.24, 2.45) is 5.73 Å². The molecule has 0 radical (unpaired) electrons. The maximum absolute atomic E-state index is 13.0. The highest BCUT2D eigenvalue weighted by Crippen LogP contribution is 2.18. The first kappa shape index (κ1) is 13.6. The van der Waals surface area contributed by atoms with E-state index in [1.807, 2.05) is 0 Å². The number of hydrogen-bond acceptors (Lipinski definition) is 4. The van der Waals surface area contributed by atoms with Crippen LogP contribution in [0.1, 0.15) is 28.5 Å². The fraction of sp³-hybridized carbons (Fsp3) is 0.167. The molecule has 0 bridgehead atoms. The van der Waals surface area contributed by atoms with Crippen LogP contribution in [0.15, 0.2) is 23.6 Å². The van der Waals surface area contributed by atoms with Crippen LogP contribution in [-0.2, 0) is 0 Å². The quantitative estimate of drug-likeness (QED) is 0.910. The van der Waals surface area contributed by atoms with Gasteiger partial charge in [0.2, 0.25) is 0 Å². The number of nitrogens with zero attached hydrogens (tertiary/aromatic N) is 1. The number of carbonyl (C=O) groups is 1. The molecule has 0 fully saturated rings. The summed E-state index contributed by atoms with van der Waals surface area (Å²) in [6.45, 7) is 1.75. The Kier molecular flexibility index (Phi) is 3.87. The topological polar surface area (TPSA) is 68.0 Å². The highest BCUT2D eigenvalue weighted by Gasteiger charge is 2.13. The maximum atomic E-state index is 13.0. The van der Waals surface area contributed by atoms with E-state index in [4.69, 9.17) is 5.73 Å². The molecule has 0 spiro atoms. The van der Waals surface area contributed by atoms with Crippen LogP contribution in [0.2, 0.25) is 0 Å². The van der Waals surface area contributed by atoms with Gasteiger partial charge in [0, 0.05) is 17.1 Å². The average Bonchev–Trinajstić information content (AvgIpc) is 2.76. The molecule has 0 aliphatic rings. The summed E-state index contributed by atoms with van der Waals surface area (Å²) in [6, 6.07) is 2.52. The van der Waals surface area contributed by atoms with E-state index >= 15 is 0 Å². The third-order valence-corrected chi connectivity index (χ3v) is 3.31. The summed E-state index contributed by atoms with van der Waals surface area (Å²) in [4.78, 5) is 15.9. The Morgan fingerprint density at radius 1 is 1.37 bits per heavy atom. The summed E-state index contributed by atoms with van der Waals surface area (Å²) in [6.07, 6.45) is 0. The first-order valence-corrected chi connectivity index (χ1v) is 6.32. The predicted octanol–water partition coefficient (Wildman–Crippen LogP) is 2.69. The number of nitrogens with one attached hydrogen (secondary N) is 1. The van der Waals surface area contributed by atoms with Crippen molar-refractivity contribution < 1.29 is 13.6 Å². The van der Waals surface area contributed by atoms with E-state index in [9.17, 15) is 13.6 Å². The Morgan fingerprint density at radius 2 is 2.00 bits per heavy atom. The van der Waals surface area contributed by atoms with E-state index in [0.29, 0.717) is 5.01 Å². The molecule has 0 saturated heterocycles. The standard InChI is InChI=1S/C12H11F2N3OS/c1-6(15)12-17-10(5-19-12)11(18)16-9-3-7(13)2-8(14)4-9/h2-6H,15H2,1H3,(H,16,18). The van der Waals surface area contributed by atoms with E-state index in [1.54, 1.807) is 12.3 Å². The summed E-state index contributed by atoms with van der Waals surface area (Å²) in [7, 11) is 0. The van der Waals surface area contributed by atoms with Crippen molar-refractivity contribution in [1.82, 2.24) is 4.98 Å². The van der Waals surface area contributed by atoms with Crippen molar-refractivity contribution in [1.29, 1.82) is 0 Å². The molecule has 7 heteroatoms. The van der Waals surface area contributed by atoms with Gasteiger partial charge in [0.05, 0.1) is 6.04 Å². The fourth-order valence-electron chi connectivity index (χ4n) is 1.42. The summed E-state index contributed by atoms with van der Waals surface area (Å²) >= 11 is 1.26. The molecule has 1 heterocycles. The molecule has 1 atom stereocenters. The molecule has 1 aromatic heterocycles. The van der Waals surface area contributed by atoms with Gasteiger partial charge in [-0.3, -0.25) is 4.79 Å². The normalized spacial score (nSPS) is 12.2. The molecule has 1 aromatic carbocycles. The van der Waals surface area contributed by atoms with Gasteiger partial charge in [-0.1, -0.05) is 0 Å². The van der Waals surface area contributed by atoms with Gasteiger partial charge in [-0.15, -0.1) is 11.3 Å². The van der Waals surface area contributed by atoms with Crippen molar-refractivity contribution in [2.45, 2.75) is 13.0 Å². The van der Waals surface area contributed by atoms with E-state index in [-0.39, 0.29) is 17.4 Å². The zero-order chi connectivity index (χ0) is 14.0. The third-order valence-electron chi connectivity index (χ3n) is 2.26. The number of thiazole rings is 1. The van der Waals surface area contributed by atoms with Crippen molar-refractivity contribution in [3.05, 3.63) is 45.9 Å². The highest BCUT2D eigenvalue weighted by atomic mass is 32.1. The maximum Gasteiger partial charge on any atom is 0.275 e. The number of aromatic nitrogens is 1. The SMILES string of the molecule is CC(N)c1nc(C(=O)Nc2cc(F)cc(F)c2)cs1. The van der Waals surface area contributed by atoms with Crippen molar-refractivity contribution >= 4 is 22.9 Å². The number of anilines is 1. The monoisotopic (exact) mass is 283 g/mol. The van der Waals surface area contributed by atoms with E-state index in [2.05, 4.69) is 10.3 Å². The molecule has 100 valence electrons. The summed E-state index contributed by atoms with van der Waals surface area (Å²) in [5.41, 5.74) is 5.84. The van der Waals surface area contributed by atoms with Crippen molar-refractivity contribution in [3.63, 3.8) is 0 Å². The molecule has 1 amide bonds. The van der Waals surface area contributed by atoms with Crippen molar-refractivity contribution in [3.8, 4) is 0 Å². The molecule has 2 rings (SSSR count). The molecule has 0 saturated carbocycles. The van der Waals surface area contributed by atoms with Crippen LogP contribution in [0.4, 0.5) is 14.5 Å². The lowest BCUT2D eigenvalue weighted by molar-refractivity contribution is 0.102. The van der Waals surface area contributed by atoms with Gasteiger partial charge in [-0.25, -0.2) is 13.8 Å². The van der Waals surface area contributed by atoms with Crippen LogP contribution in [0.5, 0.6) is 0 Å². The minimum absolute atomic E-state index is 0.0397. The lowest BCUT2D eigenvalue weighted by Gasteiger charge is -2.03. The second kappa shape index (κ2) is 5.41. The summed E-state index contributed by atoms with van der Waals surface area (Å²) in [5.74, 6) is -2.05. The zero-order valence-electron chi connectivity index (χ0n) is 9.98. The Bertz CT molecular complexity index is 593. The zero-order valence-corrected chi connectivity index (χ0v) is 10.8. The predicted molar refractivity (Wildman–Crippen MR) is 69.0 cm³/mol. The molecule has 0 aliphatic heterocycles. The molecule has 0 aliphatic carbocycles. The second-order valence-electron chi connectivity index (χ2n) is 3.97. The largest absolute Gasteiger partial charge is 0.322 e. The molecule has 3 N–H and O–H groups in total. The smallest absolute Gasteiger partial charge is 0.275 e. The average molecular weight is 283 g/mol. The summed E-state index contributed by atoms with van der Waals surface area (Å²) < 4.78 is 25.9. The van der Waals surface area contributed by atoms with Gasteiger partial charge in [-0.05, 0) is 19.1 Å². The Hall–Kier alpha value is -1.86. The van der Waals surface area contributed by atoms with Crippen LogP contribution in [0, 0.1) is 11.6 Å². The fourth-order valence-corrected chi connectivity index (χ4v) is 2.18. The van der Waals surface area contributed by atoms with Gasteiger partial charge >= 0.3 is 0 Å². The number of halogens is 2. The van der Waals surface area contributed by atoms with Gasteiger partial charge in [0.1, 0.15) is 22.3 Å². The van der Waals surface area contributed by atoms with E-state index in [1.165, 1.54) is 11.3 Å². The summed E-state index contributed by atoms with van der Waals surface area (Å²) in [5, 5.41) is 4.54. The molecule has 19 heavy (non-hydrogen) atoms. The molecule has 2 aromatic rings. The molecule has 1 unspecified atom stereocenters. The number of rotatable bonds is 3. The van der Waals surface area contributed by atoms with Gasteiger partial charge < -0.3 is 11.1 Å². The van der Waals surface area contributed by atoms with E-state index < -0.39 is 17.5 Å². The van der Waals surface area contributed by atoms with Crippen LogP contribution >= 0.6 is 11.3 Å². The Balaban J connectivity index is 2.15. The Morgan fingerprint density at radius 3 is 2.53 bits per heavy atom. The third kappa shape index (κ3) is 3.33. The first-order chi connectivity index (χ1) is 8.95.